The number of nitrogens with one attached hydrogen (secondary N) is 1. The highest BCUT2D eigenvalue weighted by Gasteiger charge is 2.21. The minimum atomic E-state index is -0.0537. The molecular formula is C21H20N2O2. The van der Waals surface area contributed by atoms with Gasteiger partial charge in [-0.05, 0) is 25.0 Å². The van der Waals surface area contributed by atoms with Gasteiger partial charge in [0.15, 0.2) is 5.76 Å². The zero-order valence-electron chi connectivity index (χ0n) is 13.9. The van der Waals surface area contributed by atoms with Crippen LogP contribution in [-0.2, 0) is 0 Å². The molecule has 1 heterocycles. The number of hydrogen-bond donors (Lipinski definition) is 1. The van der Waals surface area contributed by atoms with Crippen LogP contribution in [0.2, 0.25) is 0 Å². The van der Waals surface area contributed by atoms with Crippen molar-refractivity contribution in [3.05, 3.63) is 66.4 Å². The third-order valence-corrected chi connectivity index (χ3v) is 4.66. The molecule has 4 nitrogen and oxygen atoms in total. The minimum Gasteiger partial charge on any atom is -0.436 e. The fourth-order valence-corrected chi connectivity index (χ4v) is 3.34. The molecule has 0 unspecified atom stereocenters. The second-order valence-corrected chi connectivity index (χ2v) is 6.40. The average molecular weight is 332 g/mol. The summed E-state index contributed by atoms with van der Waals surface area (Å²) >= 11 is 0. The van der Waals surface area contributed by atoms with E-state index in [2.05, 4.69) is 10.3 Å². The number of aromatic nitrogens is 1. The Kier molecular flexibility index (Phi) is 4.34. The lowest BCUT2D eigenvalue weighted by Gasteiger charge is -2.13. The van der Waals surface area contributed by atoms with Crippen LogP contribution in [0.15, 0.2) is 65.2 Å². The molecule has 1 N–H and O–H groups in total. The van der Waals surface area contributed by atoms with Gasteiger partial charge in [-0.2, -0.15) is 0 Å². The van der Waals surface area contributed by atoms with Crippen molar-refractivity contribution in [1.82, 2.24) is 10.3 Å². The number of amides is 1. The van der Waals surface area contributed by atoms with E-state index < -0.39 is 0 Å². The van der Waals surface area contributed by atoms with Gasteiger partial charge < -0.3 is 9.73 Å². The molecule has 0 bridgehead atoms. The van der Waals surface area contributed by atoms with Crippen LogP contribution in [0.25, 0.3) is 22.8 Å². The number of hydrogen-bond acceptors (Lipinski definition) is 3. The lowest BCUT2D eigenvalue weighted by atomic mass is 10.1. The molecule has 0 atom stereocenters. The lowest BCUT2D eigenvalue weighted by molar-refractivity contribution is 0.0938. The number of oxazole rings is 1. The van der Waals surface area contributed by atoms with E-state index in [4.69, 9.17) is 4.42 Å². The topological polar surface area (TPSA) is 55.1 Å². The Morgan fingerprint density at radius 1 is 1.00 bits per heavy atom. The molecule has 2 aromatic carbocycles. The van der Waals surface area contributed by atoms with Gasteiger partial charge >= 0.3 is 0 Å². The molecule has 4 rings (SSSR count). The lowest BCUT2D eigenvalue weighted by Crippen LogP contribution is -2.32. The van der Waals surface area contributed by atoms with Gasteiger partial charge in [0.05, 0.1) is 11.8 Å². The first-order valence-electron chi connectivity index (χ1n) is 8.73. The fraction of sp³-hybridized carbons (Fsp3) is 0.238. The quantitative estimate of drug-likeness (QED) is 0.754. The van der Waals surface area contributed by atoms with Gasteiger partial charge in [0.2, 0.25) is 5.89 Å². The summed E-state index contributed by atoms with van der Waals surface area (Å²) in [5, 5.41) is 3.14. The first kappa shape index (κ1) is 15.6. The Hall–Kier alpha value is -2.88. The van der Waals surface area contributed by atoms with E-state index in [0.717, 1.165) is 24.0 Å². The van der Waals surface area contributed by atoms with E-state index in [1.54, 1.807) is 6.20 Å². The van der Waals surface area contributed by atoms with Crippen molar-refractivity contribution in [2.24, 2.45) is 0 Å². The van der Waals surface area contributed by atoms with Crippen LogP contribution in [0.3, 0.4) is 0 Å². The van der Waals surface area contributed by atoms with E-state index >= 15 is 0 Å². The van der Waals surface area contributed by atoms with Crippen molar-refractivity contribution in [3.8, 4) is 22.8 Å². The second kappa shape index (κ2) is 6.93. The molecule has 0 radical (unpaired) electrons. The number of carbonyl (C=O) groups excluding carboxylic acids is 1. The maximum Gasteiger partial charge on any atom is 0.252 e. The van der Waals surface area contributed by atoms with Crippen molar-refractivity contribution in [2.45, 2.75) is 31.7 Å². The molecule has 3 aromatic rings. The highest BCUT2D eigenvalue weighted by molar-refractivity contribution is 6.00. The number of nitrogens with zero attached hydrogens (tertiary/aromatic N) is 1. The third-order valence-electron chi connectivity index (χ3n) is 4.66. The maximum atomic E-state index is 12.7. The molecule has 1 aliphatic rings. The van der Waals surface area contributed by atoms with Crippen LogP contribution < -0.4 is 5.32 Å². The molecular weight excluding hydrogens is 312 g/mol. The van der Waals surface area contributed by atoms with Crippen molar-refractivity contribution >= 4 is 5.91 Å². The predicted molar refractivity (Wildman–Crippen MR) is 97.1 cm³/mol. The normalized spacial score (nSPS) is 14.6. The van der Waals surface area contributed by atoms with E-state index in [1.165, 1.54) is 12.8 Å². The molecule has 1 aliphatic carbocycles. The summed E-state index contributed by atoms with van der Waals surface area (Å²) in [5.41, 5.74) is 2.30. The zero-order chi connectivity index (χ0) is 17.1. The standard InChI is InChI=1S/C21H20N2O2/c24-20(23-16-10-4-5-11-16)17-12-6-7-13-18(17)21-22-14-19(25-21)15-8-2-1-3-9-15/h1-3,6-9,12-14,16H,4-5,10-11H2,(H,23,24). The van der Waals surface area contributed by atoms with Crippen molar-refractivity contribution in [3.63, 3.8) is 0 Å². The monoisotopic (exact) mass is 332 g/mol. The summed E-state index contributed by atoms with van der Waals surface area (Å²) in [5.74, 6) is 1.11. The Morgan fingerprint density at radius 2 is 1.72 bits per heavy atom. The molecule has 0 spiro atoms. The SMILES string of the molecule is O=C(NC1CCCC1)c1ccccc1-c1ncc(-c2ccccc2)o1. The Balaban J connectivity index is 1.63. The Labute approximate surface area is 146 Å². The van der Waals surface area contributed by atoms with Crippen LogP contribution in [-0.4, -0.2) is 16.9 Å². The molecule has 25 heavy (non-hydrogen) atoms. The summed E-state index contributed by atoms with van der Waals surface area (Å²) in [4.78, 5) is 17.1. The first-order valence-corrected chi connectivity index (χ1v) is 8.73. The van der Waals surface area contributed by atoms with E-state index in [-0.39, 0.29) is 11.9 Å². The van der Waals surface area contributed by atoms with Crippen molar-refractivity contribution < 1.29 is 9.21 Å². The van der Waals surface area contributed by atoms with Gasteiger partial charge in [0.1, 0.15) is 0 Å². The largest absolute Gasteiger partial charge is 0.436 e. The predicted octanol–water partition coefficient (Wildman–Crippen LogP) is 4.68. The van der Waals surface area contributed by atoms with Crippen LogP contribution in [0.5, 0.6) is 0 Å². The number of rotatable bonds is 4. The molecule has 1 aromatic heterocycles. The minimum absolute atomic E-state index is 0.0537. The summed E-state index contributed by atoms with van der Waals surface area (Å²) in [6.07, 6.45) is 6.20. The average Bonchev–Trinajstić information content (AvgIpc) is 3.34. The Bertz CT molecular complexity index is 864. The number of benzene rings is 2. The first-order chi connectivity index (χ1) is 12.3. The Morgan fingerprint density at radius 3 is 2.52 bits per heavy atom. The van der Waals surface area contributed by atoms with Gasteiger partial charge in [-0.25, -0.2) is 4.98 Å². The molecule has 0 saturated heterocycles. The molecule has 0 aliphatic heterocycles. The molecule has 4 heteroatoms. The van der Waals surface area contributed by atoms with Gasteiger partial charge in [-0.1, -0.05) is 55.3 Å². The fourth-order valence-electron chi connectivity index (χ4n) is 3.34. The summed E-state index contributed by atoms with van der Waals surface area (Å²) in [6, 6.07) is 17.6. The van der Waals surface area contributed by atoms with Gasteiger partial charge in [0.25, 0.3) is 5.91 Å². The maximum absolute atomic E-state index is 12.7. The summed E-state index contributed by atoms with van der Waals surface area (Å²) in [7, 11) is 0. The van der Waals surface area contributed by atoms with Crippen LogP contribution in [0.4, 0.5) is 0 Å². The summed E-state index contributed by atoms with van der Waals surface area (Å²) < 4.78 is 5.93. The van der Waals surface area contributed by atoms with E-state index in [1.807, 2.05) is 54.6 Å². The summed E-state index contributed by atoms with van der Waals surface area (Å²) in [6.45, 7) is 0. The smallest absolute Gasteiger partial charge is 0.252 e. The molecule has 1 amide bonds. The van der Waals surface area contributed by atoms with Crippen LogP contribution in [0, 0.1) is 0 Å². The van der Waals surface area contributed by atoms with Gasteiger partial charge in [0, 0.05) is 17.2 Å². The highest BCUT2D eigenvalue weighted by atomic mass is 16.4. The van der Waals surface area contributed by atoms with Crippen LogP contribution in [0.1, 0.15) is 36.0 Å². The highest BCUT2D eigenvalue weighted by Crippen LogP contribution is 2.28. The molecule has 126 valence electrons. The third kappa shape index (κ3) is 3.33. The van der Waals surface area contributed by atoms with E-state index in [0.29, 0.717) is 17.2 Å². The molecule has 1 saturated carbocycles. The van der Waals surface area contributed by atoms with Gasteiger partial charge in [-0.3, -0.25) is 4.79 Å². The van der Waals surface area contributed by atoms with Crippen LogP contribution >= 0.6 is 0 Å². The number of carbonyl (C=O) groups is 1. The van der Waals surface area contributed by atoms with Crippen molar-refractivity contribution in [1.29, 1.82) is 0 Å². The molecule has 1 fully saturated rings. The second-order valence-electron chi connectivity index (χ2n) is 6.40. The van der Waals surface area contributed by atoms with Gasteiger partial charge in [-0.15, -0.1) is 0 Å². The van der Waals surface area contributed by atoms with E-state index in [9.17, 15) is 4.79 Å². The zero-order valence-corrected chi connectivity index (χ0v) is 13.9. The van der Waals surface area contributed by atoms with Crippen molar-refractivity contribution in [2.75, 3.05) is 0 Å².